The quantitative estimate of drug-likeness (QED) is 0.653. The van der Waals surface area contributed by atoms with Crippen LogP contribution in [0.4, 0.5) is 0 Å². The molecule has 7 heteroatoms. The van der Waals surface area contributed by atoms with Gasteiger partial charge in [0.05, 0.1) is 31.3 Å². The number of thiophene rings is 1. The minimum atomic E-state index is -0.235. The maximum Gasteiger partial charge on any atom is 0.307 e. The molecule has 2 atom stereocenters. The number of aryl methyl sites for hydroxylation is 1. The molecule has 0 saturated carbocycles. The van der Waals surface area contributed by atoms with Crippen molar-refractivity contribution in [2.24, 2.45) is 0 Å². The standard InChI is InChI=1S/C17H19N3O2S2/c1-11-7-10-24-16(11)15-14(12-5-3-4-8-18-12)19-17(23)20(15)9-6-13(21)22-2/h3-5,7-8,10,14-15H,6,9H2,1-2H3,(H,19,23)/t14-,15-/m0/s1. The maximum atomic E-state index is 11.6. The molecule has 0 aromatic carbocycles. The lowest BCUT2D eigenvalue weighted by Gasteiger charge is -2.27. The van der Waals surface area contributed by atoms with Crippen LogP contribution in [0, 0.1) is 6.92 Å². The van der Waals surface area contributed by atoms with Crippen LogP contribution in [0.2, 0.25) is 0 Å². The summed E-state index contributed by atoms with van der Waals surface area (Å²) in [6, 6.07) is 7.97. The van der Waals surface area contributed by atoms with Crippen molar-refractivity contribution in [1.82, 2.24) is 15.2 Å². The Labute approximate surface area is 150 Å². The molecule has 2 aromatic rings. The molecule has 3 heterocycles. The zero-order valence-electron chi connectivity index (χ0n) is 13.6. The van der Waals surface area contributed by atoms with E-state index in [2.05, 4.69) is 33.6 Å². The average Bonchev–Trinajstić information content (AvgIpc) is 3.16. The number of esters is 1. The largest absolute Gasteiger partial charge is 0.469 e. The Morgan fingerprint density at radius 3 is 2.92 bits per heavy atom. The Bertz CT molecular complexity index is 732. The van der Waals surface area contributed by atoms with Crippen LogP contribution < -0.4 is 5.32 Å². The fourth-order valence-electron chi connectivity index (χ4n) is 2.93. The second-order valence-electron chi connectivity index (χ2n) is 5.61. The van der Waals surface area contributed by atoms with Crippen LogP contribution in [-0.2, 0) is 9.53 Å². The lowest BCUT2D eigenvalue weighted by atomic mass is 10.0. The molecule has 0 aliphatic carbocycles. The average molecular weight is 361 g/mol. The number of hydrogen-bond donors (Lipinski definition) is 1. The topological polar surface area (TPSA) is 54.5 Å². The van der Waals surface area contributed by atoms with E-state index in [1.165, 1.54) is 17.6 Å². The van der Waals surface area contributed by atoms with Crippen molar-refractivity contribution in [3.05, 3.63) is 52.0 Å². The van der Waals surface area contributed by atoms with E-state index in [1.807, 2.05) is 18.2 Å². The molecule has 0 spiro atoms. The molecule has 0 unspecified atom stereocenters. The van der Waals surface area contributed by atoms with E-state index in [-0.39, 0.29) is 18.1 Å². The lowest BCUT2D eigenvalue weighted by molar-refractivity contribution is -0.140. The van der Waals surface area contributed by atoms with E-state index in [4.69, 9.17) is 17.0 Å². The van der Waals surface area contributed by atoms with E-state index >= 15 is 0 Å². The van der Waals surface area contributed by atoms with Crippen LogP contribution in [0.3, 0.4) is 0 Å². The Balaban J connectivity index is 1.94. The number of hydrogen-bond acceptors (Lipinski definition) is 5. The first-order valence-corrected chi connectivity index (χ1v) is 8.99. The summed E-state index contributed by atoms with van der Waals surface area (Å²) in [6.07, 6.45) is 2.09. The van der Waals surface area contributed by atoms with Gasteiger partial charge in [0.15, 0.2) is 5.11 Å². The Hall–Kier alpha value is -1.99. The number of nitrogens with one attached hydrogen (secondary N) is 1. The van der Waals surface area contributed by atoms with Crippen molar-refractivity contribution in [1.29, 1.82) is 0 Å². The Morgan fingerprint density at radius 2 is 2.29 bits per heavy atom. The first-order valence-electron chi connectivity index (χ1n) is 7.70. The van der Waals surface area contributed by atoms with Gasteiger partial charge in [-0.15, -0.1) is 11.3 Å². The zero-order valence-corrected chi connectivity index (χ0v) is 15.2. The number of rotatable bonds is 5. The van der Waals surface area contributed by atoms with Crippen molar-refractivity contribution in [3.63, 3.8) is 0 Å². The summed E-state index contributed by atoms with van der Waals surface area (Å²) >= 11 is 7.25. The third-order valence-electron chi connectivity index (χ3n) is 4.15. The van der Waals surface area contributed by atoms with Gasteiger partial charge in [0.2, 0.25) is 0 Å². The molecule has 1 fully saturated rings. The highest BCUT2D eigenvalue weighted by molar-refractivity contribution is 7.80. The fourth-order valence-corrected chi connectivity index (χ4v) is 4.34. The maximum absolute atomic E-state index is 11.6. The van der Waals surface area contributed by atoms with Gasteiger partial charge in [-0.3, -0.25) is 9.78 Å². The summed E-state index contributed by atoms with van der Waals surface area (Å²) < 4.78 is 4.77. The first-order chi connectivity index (χ1) is 11.6. The van der Waals surface area contributed by atoms with Gasteiger partial charge in [0.25, 0.3) is 0 Å². The van der Waals surface area contributed by atoms with Gasteiger partial charge in [-0.2, -0.15) is 0 Å². The van der Waals surface area contributed by atoms with Crippen LogP contribution in [0.15, 0.2) is 35.8 Å². The second kappa shape index (κ2) is 7.27. The van der Waals surface area contributed by atoms with Crippen LogP contribution in [0.25, 0.3) is 0 Å². The van der Waals surface area contributed by atoms with Crippen LogP contribution in [0.1, 0.15) is 34.6 Å². The first kappa shape index (κ1) is 16.9. The zero-order chi connectivity index (χ0) is 17.1. The second-order valence-corrected chi connectivity index (χ2v) is 6.95. The molecule has 0 radical (unpaired) electrons. The van der Waals surface area contributed by atoms with E-state index in [0.717, 1.165) is 5.69 Å². The molecule has 1 aliphatic rings. The number of aromatic nitrogens is 1. The van der Waals surface area contributed by atoms with Crippen molar-refractivity contribution in [3.8, 4) is 0 Å². The van der Waals surface area contributed by atoms with Crippen LogP contribution >= 0.6 is 23.6 Å². The number of carbonyl (C=O) groups excluding carboxylic acids is 1. The Morgan fingerprint density at radius 1 is 1.46 bits per heavy atom. The molecular formula is C17H19N3O2S2. The van der Waals surface area contributed by atoms with Gasteiger partial charge in [-0.05, 0) is 48.3 Å². The third-order valence-corrected chi connectivity index (χ3v) is 5.59. The van der Waals surface area contributed by atoms with E-state index < -0.39 is 0 Å². The van der Waals surface area contributed by atoms with Crippen molar-refractivity contribution >= 4 is 34.6 Å². The Kier molecular flexibility index (Phi) is 5.11. The molecule has 126 valence electrons. The van der Waals surface area contributed by atoms with Gasteiger partial charge in [0, 0.05) is 17.6 Å². The minimum Gasteiger partial charge on any atom is -0.469 e. The minimum absolute atomic E-state index is 0.0251. The number of thiocarbonyl (C=S) groups is 1. The van der Waals surface area contributed by atoms with Crippen molar-refractivity contribution in [2.75, 3.05) is 13.7 Å². The third kappa shape index (κ3) is 3.27. The molecule has 1 N–H and O–H groups in total. The summed E-state index contributed by atoms with van der Waals surface area (Å²) in [5, 5.41) is 6.11. The van der Waals surface area contributed by atoms with Gasteiger partial charge < -0.3 is 15.0 Å². The molecule has 24 heavy (non-hydrogen) atoms. The molecule has 2 aromatic heterocycles. The highest BCUT2D eigenvalue weighted by atomic mass is 32.1. The lowest BCUT2D eigenvalue weighted by Crippen LogP contribution is -2.31. The normalized spacial score (nSPS) is 20.1. The van der Waals surface area contributed by atoms with Gasteiger partial charge in [0.1, 0.15) is 0 Å². The highest BCUT2D eigenvalue weighted by Crippen LogP contribution is 2.41. The van der Waals surface area contributed by atoms with Crippen molar-refractivity contribution < 1.29 is 9.53 Å². The van der Waals surface area contributed by atoms with Crippen molar-refractivity contribution in [2.45, 2.75) is 25.4 Å². The van der Waals surface area contributed by atoms with E-state index in [0.29, 0.717) is 18.1 Å². The molecule has 3 rings (SSSR count). The van der Waals surface area contributed by atoms with Gasteiger partial charge in [-0.1, -0.05) is 6.07 Å². The number of nitrogens with zero attached hydrogens (tertiary/aromatic N) is 2. The monoisotopic (exact) mass is 361 g/mol. The SMILES string of the molecule is COC(=O)CCN1C(=S)N[C@@H](c2ccccn2)[C@H]1c1sccc1C. The number of methoxy groups -OCH3 is 1. The molecule has 1 aliphatic heterocycles. The number of ether oxygens (including phenoxy) is 1. The van der Waals surface area contributed by atoms with Gasteiger partial charge >= 0.3 is 5.97 Å². The summed E-state index contributed by atoms with van der Waals surface area (Å²) in [5.41, 5.74) is 2.17. The summed E-state index contributed by atoms with van der Waals surface area (Å²) in [7, 11) is 1.40. The summed E-state index contributed by atoms with van der Waals surface area (Å²) in [6.45, 7) is 2.62. The number of carbonyl (C=O) groups is 1. The van der Waals surface area contributed by atoms with Gasteiger partial charge in [-0.25, -0.2) is 0 Å². The summed E-state index contributed by atoms with van der Waals surface area (Å²) in [5.74, 6) is -0.235. The number of pyridine rings is 1. The molecular weight excluding hydrogens is 342 g/mol. The fraction of sp³-hybridized carbons (Fsp3) is 0.353. The summed E-state index contributed by atoms with van der Waals surface area (Å²) in [4.78, 5) is 19.4. The predicted octanol–water partition coefficient (Wildman–Crippen LogP) is 2.99. The van der Waals surface area contributed by atoms with E-state index in [1.54, 1.807) is 17.5 Å². The molecule has 0 amide bonds. The van der Waals surface area contributed by atoms with Crippen LogP contribution in [-0.4, -0.2) is 34.6 Å². The molecule has 1 saturated heterocycles. The predicted molar refractivity (Wildman–Crippen MR) is 97.8 cm³/mol. The highest BCUT2D eigenvalue weighted by Gasteiger charge is 2.40. The van der Waals surface area contributed by atoms with E-state index in [9.17, 15) is 4.79 Å². The molecule has 0 bridgehead atoms. The smallest absolute Gasteiger partial charge is 0.307 e. The van der Waals surface area contributed by atoms with Crippen LogP contribution in [0.5, 0.6) is 0 Å². The molecule has 5 nitrogen and oxygen atoms in total.